The number of anilines is 1. The van der Waals surface area contributed by atoms with Crippen LogP contribution in [0.4, 0.5) is 10.5 Å². The molecule has 2 heterocycles. The van der Waals surface area contributed by atoms with Gasteiger partial charge in [-0.05, 0) is 62.6 Å². The van der Waals surface area contributed by atoms with Crippen molar-refractivity contribution in [3.05, 3.63) is 29.8 Å². The Morgan fingerprint density at radius 2 is 1.32 bits per heavy atom. The number of hydrogen-bond acceptors (Lipinski definition) is 6. The van der Waals surface area contributed by atoms with E-state index < -0.39 is 0 Å². The molecule has 2 saturated heterocycles. The maximum atomic E-state index is 12.1. The number of unbranched alkanes of at least 4 members (excludes halogenated alkanes) is 5. The van der Waals surface area contributed by atoms with Crippen LogP contribution in [0.5, 0.6) is 0 Å². The Balaban J connectivity index is 1.05. The van der Waals surface area contributed by atoms with Gasteiger partial charge in [0.05, 0.1) is 12.1 Å². The van der Waals surface area contributed by atoms with Gasteiger partial charge in [0, 0.05) is 55.6 Å². The molecule has 3 rings (SSSR count). The third-order valence-corrected chi connectivity index (χ3v) is 9.11. The van der Waals surface area contributed by atoms with Crippen molar-refractivity contribution >= 4 is 41.2 Å². The summed E-state index contributed by atoms with van der Waals surface area (Å²) in [6.07, 6.45) is 10.4. The Hall–Kier alpha value is -2.95. The van der Waals surface area contributed by atoms with Crippen LogP contribution in [-0.4, -0.2) is 66.5 Å². The second kappa shape index (κ2) is 18.5. The predicted molar refractivity (Wildman–Crippen MR) is 164 cm³/mol. The molecule has 1 aromatic carbocycles. The van der Waals surface area contributed by atoms with E-state index in [0.717, 1.165) is 81.2 Å². The van der Waals surface area contributed by atoms with E-state index in [1.165, 1.54) is 0 Å². The summed E-state index contributed by atoms with van der Waals surface area (Å²) < 4.78 is 0. The summed E-state index contributed by atoms with van der Waals surface area (Å²) >= 11 is 1.91. The Labute approximate surface area is 248 Å². The molecule has 7 N–H and O–H groups in total. The van der Waals surface area contributed by atoms with E-state index in [1.807, 2.05) is 36.0 Å². The van der Waals surface area contributed by atoms with Crippen LogP contribution in [0.15, 0.2) is 24.3 Å². The molecule has 5 amide bonds. The first kappa shape index (κ1) is 32.6. The molecule has 2 aliphatic heterocycles. The lowest BCUT2D eigenvalue weighted by Gasteiger charge is -2.16. The Morgan fingerprint density at radius 3 is 1.93 bits per heavy atom. The van der Waals surface area contributed by atoms with E-state index in [4.69, 9.17) is 5.73 Å². The maximum absolute atomic E-state index is 12.1. The van der Waals surface area contributed by atoms with Crippen molar-refractivity contribution in [3.8, 4) is 0 Å². The van der Waals surface area contributed by atoms with Crippen LogP contribution in [0.1, 0.15) is 82.6 Å². The van der Waals surface area contributed by atoms with Crippen molar-refractivity contribution in [3.63, 3.8) is 0 Å². The number of amides is 5. The lowest BCUT2D eigenvalue weighted by molar-refractivity contribution is -0.122. The number of rotatable bonds is 20. The zero-order valence-corrected chi connectivity index (χ0v) is 25.0. The van der Waals surface area contributed by atoms with Gasteiger partial charge in [0.2, 0.25) is 17.7 Å². The van der Waals surface area contributed by atoms with Crippen LogP contribution in [0.25, 0.3) is 0 Å². The highest BCUT2D eigenvalue weighted by Crippen LogP contribution is 2.33. The molecular weight excluding hydrogens is 540 g/mol. The maximum Gasteiger partial charge on any atom is 0.315 e. The summed E-state index contributed by atoms with van der Waals surface area (Å²) in [7, 11) is 0. The van der Waals surface area contributed by atoms with Gasteiger partial charge >= 0.3 is 6.03 Å². The second-order valence-corrected chi connectivity index (χ2v) is 12.3. The van der Waals surface area contributed by atoms with Crippen molar-refractivity contribution in [2.45, 2.75) is 101 Å². The van der Waals surface area contributed by atoms with Gasteiger partial charge in [0.25, 0.3) is 0 Å². The van der Waals surface area contributed by atoms with E-state index in [9.17, 15) is 19.2 Å². The number of nitrogen functional groups attached to an aromatic ring is 1. The molecular formula is C30H48N6O4S. The molecule has 10 nitrogen and oxygen atoms in total. The summed E-state index contributed by atoms with van der Waals surface area (Å²) in [6.45, 7) is 1.91. The summed E-state index contributed by atoms with van der Waals surface area (Å²) in [5.74, 6) is 1.18. The van der Waals surface area contributed by atoms with Gasteiger partial charge in [0.1, 0.15) is 0 Å². The molecule has 0 aliphatic carbocycles. The number of thioether (sulfide) groups is 1. The highest BCUT2D eigenvalue weighted by atomic mass is 32.2. The molecule has 1 aromatic rings. The number of carbonyl (C=O) groups is 4. The fraction of sp³-hybridized carbons (Fsp3) is 0.667. The third-order valence-electron chi connectivity index (χ3n) is 7.60. The zero-order chi connectivity index (χ0) is 29.3. The molecule has 11 heteroatoms. The summed E-state index contributed by atoms with van der Waals surface area (Å²) in [5, 5.41) is 15.3. The van der Waals surface area contributed by atoms with Gasteiger partial charge in [-0.2, -0.15) is 11.8 Å². The SMILES string of the molecule is Nc1ccc(CCNC(=O)CCCCCNC(=O)CCCCCNC(=O)CCCC[C@@H]2SC[C@@H]3NC(=O)N[C@@H]32)cc1. The fourth-order valence-corrected chi connectivity index (χ4v) is 6.74. The van der Waals surface area contributed by atoms with Crippen molar-refractivity contribution in [2.24, 2.45) is 0 Å². The molecule has 2 aliphatic rings. The lowest BCUT2D eigenvalue weighted by Crippen LogP contribution is -2.36. The molecule has 41 heavy (non-hydrogen) atoms. The summed E-state index contributed by atoms with van der Waals surface area (Å²) in [6, 6.07) is 8.10. The minimum Gasteiger partial charge on any atom is -0.399 e. The number of carbonyl (C=O) groups excluding carboxylic acids is 4. The Morgan fingerprint density at radius 1 is 0.756 bits per heavy atom. The van der Waals surface area contributed by atoms with Crippen LogP contribution >= 0.6 is 11.8 Å². The Bertz CT molecular complexity index is 976. The average Bonchev–Trinajstić information content (AvgIpc) is 3.50. The monoisotopic (exact) mass is 588 g/mol. The molecule has 0 aromatic heterocycles. The first-order valence-electron chi connectivity index (χ1n) is 15.2. The van der Waals surface area contributed by atoms with Gasteiger partial charge in [-0.3, -0.25) is 14.4 Å². The molecule has 0 unspecified atom stereocenters. The fourth-order valence-electron chi connectivity index (χ4n) is 5.20. The molecule has 0 radical (unpaired) electrons. The van der Waals surface area contributed by atoms with E-state index in [1.54, 1.807) is 0 Å². The number of hydrogen-bond donors (Lipinski definition) is 6. The van der Waals surface area contributed by atoms with Crippen LogP contribution in [0.3, 0.4) is 0 Å². The van der Waals surface area contributed by atoms with Crippen molar-refractivity contribution < 1.29 is 19.2 Å². The molecule has 0 spiro atoms. The highest BCUT2D eigenvalue weighted by molar-refractivity contribution is 8.00. The van der Waals surface area contributed by atoms with E-state index in [0.29, 0.717) is 44.1 Å². The molecule has 3 atom stereocenters. The zero-order valence-electron chi connectivity index (χ0n) is 24.2. The highest BCUT2D eigenvalue weighted by Gasteiger charge is 2.42. The van der Waals surface area contributed by atoms with E-state index >= 15 is 0 Å². The minimum absolute atomic E-state index is 0.0574. The van der Waals surface area contributed by atoms with E-state index in [-0.39, 0.29) is 35.8 Å². The summed E-state index contributed by atoms with van der Waals surface area (Å²) in [4.78, 5) is 47.5. The van der Waals surface area contributed by atoms with E-state index in [2.05, 4.69) is 26.6 Å². The number of nitrogens with one attached hydrogen (secondary N) is 5. The predicted octanol–water partition coefficient (Wildman–Crippen LogP) is 3.01. The largest absolute Gasteiger partial charge is 0.399 e. The molecule has 0 bridgehead atoms. The molecule has 228 valence electrons. The first-order chi connectivity index (χ1) is 19.9. The third kappa shape index (κ3) is 13.1. The Kier molecular flexibility index (Phi) is 14.7. The minimum atomic E-state index is -0.0574. The van der Waals surface area contributed by atoms with Crippen LogP contribution in [-0.2, 0) is 20.8 Å². The van der Waals surface area contributed by atoms with Crippen LogP contribution in [0, 0.1) is 0 Å². The van der Waals surface area contributed by atoms with Crippen LogP contribution in [0.2, 0.25) is 0 Å². The van der Waals surface area contributed by atoms with Gasteiger partial charge in [-0.15, -0.1) is 0 Å². The quantitative estimate of drug-likeness (QED) is 0.0782. The van der Waals surface area contributed by atoms with Gasteiger partial charge in [0.15, 0.2) is 0 Å². The van der Waals surface area contributed by atoms with Crippen molar-refractivity contribution in [2.75, 3.05) is 31.1 Å². The van der Waals surface area contributed by atoms with Crippen LogP contribution < -0.4 is 32.3 Å². The number of nitrogens with two attached hydrogens (primary N) is 1. The van der Waals surface area contributed by atoms with Gasteiger partial charge < -0.3 is 32.3 Å². The topological polar surface area (TPSA) is 154 Å². The number of fused-ring (bicyclic) bond motifs is 1. The number of urea groups is 1. The normalized spacial score (nSPS) is 19.2. The van der Waals surface area contributed by atoms with Gasteiger partial charge in [-0.25, -0.2) is 4.79 Å². The smallest absolute Gasteiger partial charge is 0.315 e. The molecule has 2 fully saturated rings. The standard InChI is InChI=1S/C30H48N6O4S/c31-23-15-13-22(14-16-23)17-20-34-28(39)11-4-2-8-18-32-26(37)10-3-1-7-19-33-27(38)12-6-5-9-25-29-24(21-41-25)35-30(40)36-29/h13-16,24-25,29H,1-12,17-21,31H2,(H,32,37)(H,33,38)(H,34,39)(H2,35,36,40)/t24-,25-,29-/m0/s1. The number of benzene rings is 1. The lowest BCUT2D eigenvalue weighted by atomic mass is 10.0. The van der Waals surface area contributed by atoms with Crippen molar-refractivity contribution in [1.82, 2.24) is 26.6 Å². The molecule has 0 saturated carbocycles. The summed E-state index contributed by atoms with van der Waals surface area (Å²) in [5.41, 5.74) is 7.57. The first-order valence-corrected chi connectivity index (χ1v) is 16.3. The van der Waals surface area contributed by atoms with Gasteiger partial charge in [-0.1, -0.05) is 31.4 Å². The second-order valence-electron chi connectivity index (χ2n) is 11.0. The van der Waals surface area contributed by atoms with Crippen molar-refractivity contribution in [1.29, 1.82) is 0 Å². The average molecular weight is 589 g/mol.